The van der Waals surface area contributed by atoms with Gasteiger partial charge in [0, 0.05) is 12.5 Å². The summed E-state index contributed by atoms with van der Waals surface area (Å²) >= 11 is 0. The lowest BCUT2D eigenvalue weighted by Gasteiger charge is -2.28. The van der Waals surface area contributed by atoms with E-state index in [1.165, 1.54) is 25.7 Å². The highest BCUT2D eigenvalue weighted by atomic mass is 35.5. The zero-order valence-corrected chi connectivity index (χ0v) is 12.2. The molecule has 0 spiro atoms. The molecule has 1 aliphatic carbocycles. The average Bonchev–Trinajstić information content (AvgIpc) is 2.30. The predicted octanol–water partition coefficient (Wildman–Crippen LogP) is 2.49. The molecule has 1 saturated heterocycles. The van der Waals surface area contributed by atoms with Crippen molar-refractivity contribution in [3.8, 4) is 0 Å². The van der Waals surface area contributed by atoms with Crippen LogP contribution in [-0.4, -0.2) is 25.0 Å². The first kappa shape index (κ1) is 15.8. The van der Waals surface area contributed by atoms with Crippen molar-refractivity contribution in [1.29, 1.82) is 0 Å². The number of rotatable bonds is 3. The first-order valence-corrected chi connectivity index (χ1v) is 7.24. The van der Waals surface area contributed by atoms with E-state index in [1.54, 1.807) is 0 Å². The Kier molecular flexibility index (Phi) is 7.02. The van der Waals surface area contributed by atoms with Crippen LogP contribution < -0.4 is 10.6 Å². The van der Waals surface area contributed by atoms with Gasteiger partial charge < -0.3 is 10.6 Å². The summed E-state index contributed by atoms with van der Waals surface area (Å²) in [5.41, 5.74) is 0. The van der Waals surface area contributed by atoms with Gasteiger partial charge in [0.25, 0.3) is 0 Å². The van der Waals surface area contributed by atoms with E-state index in [2.05, 4.69) is 17.6 Å². The summed E-state index contributed by atoms with van der Waals surface area (Å²) in [4.78, 5) is 12.0. The van der Waals surface area contributed by atoms with Crippen molar-refractivity contribution >= 4 is 18.3 Å². The molecule has 2 N–H and O–H groups in total. The number of carbonyl (C=O) groups excluding carboxylic acids is 1. The molecule has 1 heterocycles. The van der Waals surface area contributed by atoms with Gasteiger partial charge in [0.2, 0.25) is 5.91 Å². The van der Waals surface area contributed by atoms with E-state index in [1.807, 2.05) is 0 Å². The highest BCUT2D eigenvalue weighted by Crippen LogP contribution is 2.24. The van der Waals surface area contributed by atoms with Crippen LogP contribution in [0.1, 0.15) is 51.9 Å². The summed E-state index contributed by atoms with van der Waals surface area (Å²) in [6.45, 7) is 4.46. The summed E-state index contributed by atoms with van der Waals surface area (Å²) in [5.74, 6) is 1.68. The van der Waals surface area contributed by atoms with Crippen molar-refractivity contribution < 1.29 is 4.79 Å². The number of hydrogen-bond acceptors (Lipinski definition) is 2. The SMILES string of the molecule is CC1CCCC(NC(=O)CC2CCNCC2)C1.Cl. The van der Waals surface area contributed by atoms with Crippen LogP contribution >= 0.6 is 12.4 Å². The van der Waals surface area contributed by atoms with Gasteiger partial charge in [-0.1, -0.05) is 19.8 Å². The highest BCUT2D eigenvalue weighted by molar-refractivity contribution is 5.85. The smallest absolute Gasteiger partial charge is 0.220 e. The molecule has 2 fully saturated rings. The van der Waals surface area contributed by atoms with Crippen molar-refractivity contribution in [3.63, 3.8) is 0 Å². The Bertz CT molecular complexity index is 254. The fourth-order valence-electron chi connectivity index (χ4n) is 3.20. The second-order valence-corrected chi connectivity index (χ2v) is 5.93. The van der Waals surface area contributed by atoms with Crippen LogP contribution in [0, 0.1) is 11.8 Å². The van der Waals surface area contributed by atoms with E-state index < -0.39 is 0 Å². The Morgan fingerprint density at radius 1 is 1.22 bits per heavy atom. The maximum atomic E-state index is 12.0. The Hall–Kier alpha value is -0.280. The Morgan fingerprint density at radius 3 is 2.61 bits per heavy atom. The van der Waals surface area contributed by atoms with E-state index in [0.717, 1.165) is 38.3 Å². The molecule has 18 heavy (non-hydrogen) atoms. The summed E-state index contributed by atoms with van der Waals surface area (Å²) in [6.07, 6.45) is 8.04. The molecule has 1 aliphatic heterocycles. The molecular weight excluding hydrogens is 248 g/mol. The van der Waals surface area contributed by atoms with Crippen LogP contribution in [0.2, 0.25) is 0 Å². The van der Waals surface area contributed by atoms with Crippen molar-refractivity contribution in [2.24, 2.45) is 11.8 Å². The molecule has 2 unspecified atom stereocenters. The molecule has 2 aliphatic rings. The highest BCUT2D eigenvalue weighted by Gasteiger charge is 2.22. The minimum atomic E-state index is 0. The lowest BCUT2D eigenvalue weighted by Crippen LogP contribution is -2.39. The predicted molar refractivity (Wildman–Crippen MR) is 77.0 cm³/mol. The topological polar surface area (TPSA) is 41.1 Å². The molecule has 0 bridgehead atoms. The molecule has 2 rings (SSSR count). The van der Waals surface area contributed by atoms with Gasteiger partial charge in [-0.05, 0) is 50.6 Å². The first-order chi connectivity index (χ1) is 8.24. The van der Waals surface area contributed by atoms with Crippen molar-refractivity contribution in [3.05, 3.63) is 0 Å². The van der Waals surface area contributed by atoms with Crippen molar-refractivity contribution in [2.75, 3.05) is 13.1 Å². The normalized spacial score (nSPS) is 29.4. The number of piperidine rings is 1. The zero-order chi connectivity index (χ0) is 12.1. The first-order valence-electron chi connectivity index (χ1n) is 7.24. The van der Waals surface area contributed by atoms with Gasteiger partial charge in [0.15, 0.2) is 0 Å². The molecule has 0 aromatic carbocycles. The summed E-state index contributed by atoms with van der Waals surface area (Å²) in [6, 6.07) is 0.452. The molecule has 3 nitrogen and oxygen atoms in total. The van der Waals surface area contributed by atoms with Gasteiger partial charge in [-0.25, -0.2) is 0 Å². The van der Waals surface area contributed by atoms with Crippen LogP contribution in [0.4, 0.5) is 0 Å². The Labute approximate surface area is 117 Å². The van der Waals surface area contributed by atoms with Crippen LogP contribution in [0.25, 0.3) is 0 Å². The minimum absolute atomic E-state index is 0. The monoisotopic (exact) mass is 274 g/mol. The van der Waals surface area contributed by atoms with Gasteiger partial charge in [-0.3, -0.25) is 4.79 Å². The lowest BCUT2D eigenvalue weighted by atomic mass is 9.86. The number of hydrogen-bond donors (Lipinski definition) is 2. The number of halogens is 1. The molecule has 106 valence electrons. The molecule has 1 saturated carbocycles. The van der Waals surface area contributed by atoms with E-state index in [-0.39, 0.29) is 18.3 Å². The molecule has 4 heteroatoms. The molecule has 0 aromatic heterocycles. The maximum absolute atomic E-state index is 12.0. The van der Waals surface area contributed by atoms with Gasteiger partial charge >= 0.3 is 0 Å². The number of carbonyl (C=O) groups is 1. The fourth-order valence-corrected chi connectivity index (χ4v) is 3.20. The van der Waals surface area contributed by atoms with E-state index in [0.29, 0.717) is 12.0 Å². The average molecular weight is 275 g/mol. The number of nitrogens with one attached hydrogen (secondary N) is 2. The van der Waals surface area contributed by atoms with Crippen molar-refractivity contribution in [2.45, 2.75) is 57.9 Å². The van der Waals surface area contributed by atoms with Crippen LogP contribution in [0.15, 0.2) is 0 Å². The third-order valence-corrected chi connectivity index (χ3v) is 4.23. The second kappa shape index (κ2) is 8.00. The van der Waals surface area contributed by atoms with Gasteiger partial charge in [0.05, 0.1) is 0 Å². The molecule has 2 atom stereocenters. The van der Waals surface area contributed by atoms with E-state index in [9.17, 15) is 4.79 Å². The summed E-state index contributed by atoms with van der Waals surface area (Å²) in [5, 5.41) is 6.58. The van der Waals surface area contributed by atoms with E-state index in [4.69, 9.17) is 0 Å². The second-order valence-electron chi connectivity index (χ2n) is 5.93. The van der Waals surface area contributed by atoms with Crippen molar-refractivity contribution in [1.82, 2.24) is 10.6 Å². The standard InChI is InChI=1S/C14H26N2O.ClH/c1-11-3-2-4-13(9-11)16-14(17)10-12-5-7-15-8-6-12;/h11-13,15H,2-10H2,1H3,(H,16,17);1H. The molecule has 1 amide bonds. The van der Waals surface area contributed by atoms with Gasteiger partial charge in [0.1, 0.15) is 0 Å². The molecule has 0 radical (unpaired) electrons. The quantitative estimate of drug-likeness (QED) is 0.830. The third-order valence-electron chi connectivity index (χ3n) is 4.23. The fraction of sp³-hybridized carbons (Fsp3) is 0.929. The van der Waals surface area contributed by atoms with Crippen LogP contribution in [0.5, 0.6) is 0 Å². The summed E-state index contributed by atoms with van der Waals surface area (Å²) in [7, 11) is 0. The van der Waals surface area contributed by atoms with Crippen LogP contribution in [-0.2, 0) is 4.79 Å². The van der Waals surface area contributed by atoms with Gasteiger partial charge in [-0.2, -0.15) is 0 Å². The zero-order valence-electron chi connectivity index (χ0n) is 11.4. The summed E-state index contributed by atoms with van der Waals surface area (Å²) < 4.78 is 0. The van der Waals surface area contributed by atoms with E-state index >= 15 is 0 Å². The largest absolute Gasteiger partial charge is 0.353 e. The Balaban J connectivity index is 0.00000162. The van der Waals surface area contributed by atoms with Crippen LogP contribution in [0.3, 0.4) is 0 Å². The maximum Gasteiger partial charge on any atom is 0.220 e. The minimum Gasteiger partial charge on any atom is -0.353 e. The Morgan fingerprint density at radius 2 is 1.94 bits per heavy atom. The number of amides is 1. The lowest BCUT2D eigenvalue weighted by molar-refractivity contribution is -0.123. The molecule has 0 aromatic rings. The van der Waals surface area contributed by atoms with Gasteiger partial charge in [-0.15, -0.1) is 12.4 Å². The molecular formula is C14H27ClN2O. The third kappa shape index (κ3) is 5.15.